The van der Waals surface area contributed by atoms with Crippen LogP contribution in [0.1, 0.15) is 25.7 Å². The Morgan fingerprint density at radius 2 is 2.06 bits per heavy atom. The first-order valence-corrected chi connectivity index (χ1v) is 6.51. The van der Waals surface area contributed by atoms with E-state index in [-0.39, 0.29) is 6.42 Å². The molecule has 0 aliphatic rings. The van der Waals surface area contributed by atoms with E-state index >= 15 is 0 Å². The minimum atomic E-state index is -0.712. The number of benzene rings is 1. The largest absolute Gasteiger partial charge is 0.481 e. The number of carbonyl (C=O) groups is 1. The van der Waals surface area contributed by atoms with Gasteiger partial charge < -0.3 is 9.67 Å². The number of rotatable bonds is 6. The fourth-order valence-corrected chi connectivity index (χ4v) is 2.28. The SMILES string of the molecule is O=C(O)CCCCCn1ccc2cc(Cl)ccc21. The van der Waals surface area contributed by atoms with Gasteiger partial charge in [0.05, 0.1) is 0 Å². The first-order chi connectivity index (χ1) is 8.66. The Bertz CT molecular complexity index is 548. The van der Waals surface area contributed by atoms with E-state index in [1.54, 1.807) is 0 Å². The maximum Gasteiger partial charge on any atom is 0.303 e. The van der Waals surface area contributed by atoms with E-state index < -0.39 is 5.97 Å². The summed E-state index contributed by atoms with van der Waals surface area (Å²) in [6, 6.07) is 7.93. The highest BCUT2D eigenvalue weighted by Gasteiger charge is 2.02. The van der Waals surface area contributed by atoms with Crippen molar-refractivity contribution in [1.29, 1.82) is 0 Å². The predicted octanol–water partition coefficient (Wildman–Crippen LogP) is 3.94. The Kier molecular flexibility index (Phi) is 4.26. The third kappa shape index (κ3) is 3.26. The average molecular weight is 266 g/mol. The van der Waals surface area contributed by atoms with E-state index in [0.717, 1.165) is 36.2 Å². The van der Waals surface area contributed by atoms with Crippen LogP contribution in [0.15, 0.2) is 30.5 Å². The quantitative estimate of drug-likeness (QED) is 0.804. The maximum absolute atomic E-state index is 10.4. The lowest BCUT2D eigenvalue weighted by molar-refractivity contribution is -0.137. The van der Waals surface area contributed by atoms with Gasteiger partial charge in [-0.05, 0) is 37.1 Å². The van der Waals surface area contributed by atoms with Crippen LogP contribution in [-0.2, 0) is 11.3 Å². The zero-order chi connectivity index (χ0) is 13.0. The molecule has 0 aliphatic carbocycles. The summed E-state index contributed by atoms with van der Waals surface area (Å²) in [5.74, 6) is -0.712. The molecule has 0 amide bonds. The highest BCUT2D eigenvalue weighted by Crippen LogP contribution is 2.21. The van der Waals surface area contributed by atoms with Gasteiger partial charge in [-0.1, -0.05) is 18.0 Å². The van der Waals surface area contributed by atoms with Crippen LogP contribution in [0.5, 0.6) is 0 Å². The molecule has 1 heterocycles. The number of carboxylic acid groups (broad SMARTS) is 1. The monoisotopic (exact) mass is 265 g/mol. The summed E-state index contributed by atoms with van der Waals surface area (Å²) in [5, 5.41) is 10.4. The van der Waals surface area contributed by atoms with E-state index in [4.69, 9.17) is 16.7 Å². The molecule has 0 fully saturated rings. The van der Waals surface area contributed by atoms with Crippen molar-refractivity contribution >= 4 is 28.5 Å². The lowest BCUT2D eigenvalue weighted by atomic mass is 10.2. The number of aryl methyl sites for hydroxylation is 1. The molecule has 0 aliphatic heterocycles. The van der Waals surface area contributed by atoms with Crippen LogP contribution < -0.4 is 0 Å². The van der Waals surface area contributed by atoms with E-state index in [9.17, 15) is 4.79 Å². The number of unbranched alkanes of at least 4 members (excludes halogenated alkanes) is 2. The van der Waals surface area contributed by atoms with Gasteiger partial charge in [-0.3, -0.25) is 4.79 Å². The fraction of sp³-hybridized carbons (Fsp3) is 0.357. The van der Waals surface area contributed by atoms with Gasteiger partial charge in [0.15, 0.2) is 0 Å². The van der Waals surface area contributed by atoms with E-state index in [1.165, 1.54) is 5.52 Å². The second-order valence-electron chi connectivity index (χ2n) is 4.42. The molecule has 1 N–H and O–H groups in total. The zero-order valence-corrected chi connectivity index (χ0v) is 10.9. The lowest BCUT2D eigenvalue weighted by Crippen LogP contribution is -1.98. The summed E-state index contributed by atoms with van der Waals surface area (Å²) in [7, 11) is 0. The zero-order valence-electron chi connectivity index (χ0n) is 10.1. The third-order valence-corrected chi connectivity index (χ3v) is 3.26. The Balaban J connectivity index is 1.90. The number of aromatic nitrogens is 1. The Labute approximate surface area is 111 Å². The van der Waals surface area contributed by atoms with Crippen LogP contribution in [0.2, 0.25) is 5.02 Å². The summed E-state index contributed by atoms with van der Waals surface area (Å²) < 4.78 is 2.19. The number of halogens is 1. The first kappa shape index (κ1) is 13.0. The number of carboxylic acids is 1. The summed E-state index contributed by atoms with van der Waals surface area (Å²) >= 11 is 5.94. The van der Waals surface area contributed by atoms with E-state index in [2.05, 4.69) is 16.8 Å². The van der Waals surface area contributed by atoms with Crippen LogP contribution in [0.3, 0.4) is 0 Å². The maximum atomic E-state index is 10.4. The second-order valence-corrected chi connectivity index (χ2v) is 4.85. The Morgan fingerprint density at radius 3 is 2.83 bits per heavy atom. The Morgan fingerprint density at radius 1 is 1.22 bits per heavy atom. The molecule has 96 valence electrons. The molecule has 18 heavy (non-hydrogen) atoms. The molecule has 0 unspecified atom stereocenters. The van der Waals surface area contributed by atoms with Crippen LogP contribution >= 0.6 is 11.6 Å². The molecule has 1 aromatic carbocycles. The summed E-state index contributed by atoms with van der Waals surface area (Å²) in [6.45, 7) is 0.921. The average Bonchev–Trinajstić information content (AvgIpc) is 2.70. The van der Waals surface area contributed by atoms with Gasteiger partial charge >= 0.3 is 5.97 Å². The van der Waals surface area contributed by atoms with Crippen molar-refractivity contribution in [1.82, 2.24) is 4.57 Å². The van der Waals surface area contributed by atoms with Gasteiger partial charge in [0.1, 0.15) is 0 Å². The molecule has 0 saturated carbocycles. The molecular weight excluding hydrogens is 250 g/mol. The number of nitrogens with zero attached hydrogens (tertiary/aromatic N) is 1. The Hall–Kier alpha value is -1.48. The minimum absolute atomic E-state index is 0.266. The number of aliphatic carboxylic acids is 1. The molecule has 0 atom stereocenters. The molecule has 0 bridgehead atoms. The molecule has 3 nitrogen and oxygen atoms in total. The van der Waals surface area contributed by atoms with Crippen molar-refractivity contribution in [3.8, 4) is 0 Å². The molecule has 0 radical (unpaired) electrons. The predicted molar refractivity (Wildman–Crippen MR) is 73.1 cm³/mol. The van der Waals surface area contributed by atoms with Gasteiger partial charge in [-0.2, -0.15) is 0 Å². The van der Waals surface area contributed by atoms with E-state index in [1.807, 2.05) is 18.2 Å². The third-order valence-electron chi connectivity index (χ3n) is 3.02. The van der Waals surface area contributed by atoms with E-state index in [0.29, 0.717) is 0 Å². The lowest BCUT2D eigenvalue weighted by Gasteiger charge is -2.05. The van der Waals surface area contributed by atoms with Gasteiger partial charge in [-0.15, -0.1) is 0 Å². The number of hydrogen-bond acceptors (Lipinski definition) is 1. The van der Waals surface area contributed by atoms with Crippen molar-refractivity contribution in [2.45, 2.75) is 32.2 Å². The van der Waals surface area contributed by atoms with Crippen molar-refractivity contribution < 1.29 is 9.90 Å². The highest BCUT2D eigenvalue weighted by molar-refractivity contribution is 6.31. The molecule has 0 saturated heterocycles. The fourth-order valence-electron chi connectivity index (χ4n) is 2.10. The van der Waals surface area contributed by atoms with Crippen molar-refractivity contribution in [3.63, 3.8) is 0 Å². The molecule has 2 rings (SSSR count). The van der Waals surface area contributed by atoms with Gasteiger partial charge in [-0.25, -0.2) is 0 Å². The molecule has 4 heteroatoms. The minimum Gasteiger partial charge on any atom is -0.481 e. The van der Waals surface area contributed by atoms with Crippen LogP contribution in [0.4, 0.5) is 0 Å². The smallest absolute Gasteiger partial charge is 0.303 e. The van der Waals surface area contributed by atoms with Gasteiger partial charge in [0.25, 0.3) is 0 Å². The van der Waals surface area contributed by atoms with Crippen molar-refractivity contribution in [2.75, 3.05) is 0 Å². The summed E-state index contributed by atoms with van der Waals surface area (Å²) in [6.07, 6.45) is 5.01. The molecule has 1 aromatic heterocycles. The standard InChI is InChI=1S/C14H16ClNO2/c15-12-5-6-13-11(10-12)7-9-16(13)8-3-1-2-4-14(17)18/h5-7,9-10H,1-4,8H2,(H,17,18). The number of fused-ring (bicyclic) bond motifs is 1. The molecule has 2 aromatic rings. The van der Waals surface area contributed by atoms with Crippen LogP contribution in [0, 0.1) is 0 Å². The van der Waals surface area contributed by atoms with Crippen molar-refractivity contribution in [2.24, 2.45) is 0 Å². The first-order valence-electron chi connectivity index (χ1n) is 6.13. The number of hydrogen-bond donors (Lipinski definition) is 1. The summed E-state index contributed by atoms with van der Waals surface area (Å²) in [5.41, 5.74) is 1.18. The second kappa shape index (κ2) is 5.91. The van der Waals surface area contributed by atoms with Crippen LogP contribution in [0.25, 0.3) is 10.9 Å². The van der Waals surface area contributed by atoms with Gasteiger partial charge in [0, 0.05) is 35.1 Å². The highest BCUT2D eigenvalue weighted by atomic mass is 35.5. The molecular formula is C14H16ClNO2. The normalized spacial score (nSPS) is 10.9. The topological polar surface area (TPSA) is 42.2 Å². The van der Waals surface area contributed by atoms with Crippen molar-refractivity contribution in [3.05, 3.63) is 35.5 Å². The van der Waals surface area contributed by atoms with Gasteiger partial charge in [0.2, 0.25) is 0 Å². The van der Waals surface area contributed by atoms with Crippen LogP contribution in [-0.4, -0.2) is 15.6 Å². The summed E-state index contributed by atoms with van der Waals surface area (Å²) in [4.78, 5) is 10.4. The molecule has 0 spiro atoms.